The largest absolute Gasteiger partial charge is 0.399 e. The Morgan fingerprint density at radius 3 is 2.55 bits per heavy atom. The van der Waals surface area contributed by atoms with Crippen LogP contribution in [0.3, 0.4) is 0 Å². The van der Waals surface area contributed by atoms with Gasteiger partial charge in [0, 0.05) is 22.7 Å². The highest BCUT2D eigenvalue weighted by Crippen LogP contribution is 2.22. The van der Waals surface area contributed by atoms with E-state index in [4.69, 9.17) is 5.73 Å². The average molecular weight is 362 g/mol. The van der Waals surface area contributed by atoms with Gasteiger partial charge in [0.25, 0.3) is 5.91 Å². The summed E-state index contributed by atoms with van der Waals surface area (Å²) < 4.78 is 0. The van der Waals surface area contributed by atoms with Crippen LogP contribution in [0.1, 0.15) is 21.3 Å². The number of thiophene rings is 1. The lowest BCUT2D eigenvalue weighted by atomic mass is 10.1. The molecule has 1 unspecified atom stereocenters. The normalized spacial score (nSPS) is 11.2. The van der Waals surface area contributed by atoms with Crippen LogP contribution in [0.2, 0.25) is 0 Å². The third-order valence-electron chi connectivity index (χ3n) is 3.10. The van der Waals surface area contributed by atoms with Crippen molar-refractivity contribution in [3.63, 3.8) is 0 Å². The summed E-state index contributed by atoms with van der Waals surface area (Å²) in [5, 5.41) is 5.01. The second kappa shape index (κ2) is 9.69. The summed E-state index contributed by atoms with van der Waals surface area (Å²) in [4.78, 5) is 15.5. The summed E-state index contributed by atoms with van der Waals surface area (Å²) in [7, 11) is 4.02. The van der Waals surface area contributed by atoms with E-state index in [1.54, 1.807) is 35.6 Å². The Hall–Kier alpha value is -1.27. The predicted molar refractivity (Wildman–Crippen MR) is 98.4 cm³/mol. The number of anilines is 1. The molecule has 1 amide bonds. The van der Waals surface area contributed by atoms with E-state index in [-0.39, 0.29) is 36.8 Å². The van der Waals surface area contributed by atoms with E-state index in [9.17, 15) is 4.79 Å². The second-order valence-electron chi connectivity index (χ2n) is 4.83. The number of carbonyl (C=O) groups is 1. The molecule has 0 spiro atoms. The molecule has 0 aliphatic carbocycles. The number of nitrogens with zero attached hydrogens (tertiary/aromatic N) is 1. The van der Waals surface area contributed by atoms with E-state index in [1.165, 1.54) is 4.88 Å². The van der Waals surface area contributed by atoms with E-state index in [2.05, 4.69) is 16.3 Å². The third-order valence-corrected chi connectivity index (χ3v) is 4.07. The first-order valence-electron chi connectivity index (χ1n) is 6.41. The predicted octanol–water partition coefficient (Wildman–Crippen LogP) is 3.21. The number of amides is 1. The van der Waals surface area contributed by atoms with Gasteiger partial charge in [-0.25, -0.2) is 0 Å². The van der Waals surface area contributed by atoms with Crippen LogP contribution in [0.5, 0.6) is 0 Å². The zero-order chi connectivity index (χ0) is 14.5. The van der Waals surface area contributed by atoms with E-state index in [0.29, 0.717) is 17.8 Å². The second-order valence-corrected chi connectivity index (χ2v) is 5.81. The standard InChI is InChI=1S/C15H19N3OS.2ClH/c1-18(2)13(14-7-4-8-20-14)10-17-15(19)11-5-3-6-12(16)9-11;;/h3-9,13H,10,16H2,1-2H3,(H,17,19);2*1H. The van der Waals surface area contributed by atoms with Gasteiger partial charge in [-0.05, 0) is 43.7 Å². The summed E-state index contributed by atoms with van der Waals surface area (Å²) in [6.45, 7) is 0.571. The van der Waals surface area contributed by atoms with Gasteiger partial charge in [-0.2, -0.15) is 0 Å². The Morgan fingerprint density at radius 2 is 2.00 bits per heavy atom. The van der Waals surface area contributed by atoms with Gasteiger partial charge >= 0.3 is 0 Å². The van der Waals surface area contributed by atoms with E-state index < -0.39 is 0 Å². The van der Waals surface area contributed by atoms with Crippen molar-refractivity contribution in [2.24, 2.45) is 0 Å². The van der Waals surface area contributed by atoms with Crippen molar-refractivity contribution in [3.05, 3.63) is 52.2 Å². The van der Waals surface area contributed by atoms with Crippen LogP contribution < -0.4 is 11.1 Å². The van der Waals surface area contributed by atoms with E-state index in [0.717, 1.165) is 0 Å². The molecule has 2 rings (SSSR count). The van der Waals surface area contributed by atoms with Gasteiger partial charge in [0.1, 0.15) is 0 Å². The molecular formula is C15H21Cl2N3OS. The maximum Gasteiger partial charge on any atom is 0.251 e. The Morgan fingerprint density at radius 1 is 1.27 bits per heavy atom. The first-order valence-corrected chi connectivity index (χ1v) is 7.29. The lowest BCUT2D eigenvalue weighted by Crippen LogP contribution is -2.34. The zero-order valence-electron chi connectivity index (χ0n) is 12.5. The van der Waals surface area contributed by atoms with Crippen molar-refractivity contribution in [2.75, 3.05) is 26.4 Å². The first-order chi connectivity index (χ1) is 9.58. The fourth-order valence-corrected chi connectivity index (χ4v) is 2.91. The van der Waals surface area contributed by atoms with Crippen LogP contribution in [-0.2, 0) is 0 Å². The number of carbonyl (C=O) groups excluding carboxylic acids is 1. The maximum absolute atomic E-state index is 12.1. The molecule has 1 heterocycles. The molecule has 0 aliphatic rings. The smallest absolute Gasteiger partial charge is 0.251 e. The molecule has 1 aromatic carbocycles. The molecule has 0 fully saturated rings. The average Bonchev–Trinajstić information content (AvgIpc) is 2.92. The number of nitrogen functional groups attached to an aromatic ring is 1. The Kier molecular flexibility index (Phi) is 9.13. The summed E-state index contributed by atoms with van der Waals surface area (Å²) in [6.07, 6.45) is 0. The van der Waals surface area contributed by atoms with Crippen molar-refractivity contribution < 1.29 is 4.79 Å². The Labute approximate surface area is 147 Å². The quantitative estimate of drug-likeness (QED) is 0.803. The molecule has 0 aliphatic heterocycles. The van der Waals surface area contributed by atoms with Crippen molar-refractivity contribution in [1.82, 2.24) is 10.2 Å². The molecule has 4 nitrogen and oxygen atoms in total. The fourth-order valence-electron chi connectivity index (χ4n) is 1.99. The summed E-state index contributed by atoms with van der Waals surface area (Å²) in [5.41, 5.74) is 6.88. The molecule has 3 N–H and O–H groups in total. The van der Waals surface area contributed by atoms with Crippen LogP contribution in [0.15, 0.2) is 41.8 Å². The van der Waals surface area contributed by atoms with Gasteiger partial charge in [-0.15, -0.1) is 36.2 Å². The molecule has 0 radical (unpaired) electrons. The number of hydrogen-bond donors (Lipinski definition) is 2. The zero-order valence-corrected chi connectivity index (χ0v) is 14.9. The molecule has 0 saturated carbocycles. The molecule has 2 aromatic rings. The van der Waals surface area contributed by atoms with Gasteiger partial charge in [0.15, 0.2) is 0 Å². The molecule has 0 saturated heterocycles. The summed E-state index contributed by atoms with van der Waals surface area (Å²) in [6, 6.07) is 11.3. The number of rotatable bonds is 5. The number of nitrogens with one attached hydrogen (secondary N) is 1. The van der Waals surface area contributed by atoms with Crippen LogP contribution in [-0.4, -0.2) is 31.4 Å². The van der Waals surface area contributed by atoms with Crippen LogP contribution in [0, 0.1) is 0 Å². The van der Waals surface area contributed by atoms with Gasteiger partial charge in [0.2, 0.25) is 0 Å². The van der Waals surface area contributed by atoms with Crippen molar-refractivity contribution >= 4 is 47.7 Å². The minimum Gasteiger partial charge on any atom is -0.399 e. The fraction of sp³-hybridized carbons (Fsp3) is 0.267. The molecular weight excluding hydrogens is 341 g/mol. The minimum atomic E-state index is -0.0966. The van der Waals surface area contributed by atoms with Crippen molar-refractivity contribution in [3.8, 4) is 0 Å². The summed E-state index contributed by atoms with van der Waals surface area (Å²) >= 11 is 1.70. The Balaban J connectivity index is 0.00000220. The number of likely N-dealkylation sites (N-methyl/N-ethyl adjacent to an activating group) is 1. The van der Waals surface area contributed by atoms with E-state index in [1.807, 2.05) is 25.5 Å². The highest BCUT2D eigenvalue weighted by molar-refractivity contribution is 7.10. The molecule has 1 aromatic heterocycles. The SMILES string of the molecule is CN(C)C(CNC(=O)c1cccc(N)c1)c1cccs1.Cl.Cl. The lowest BCUT2D eigenvalue weighted by Gasteiger charge is -2.23. The monoisotopic (exact) mass is 361 g/mol. The highest BCUT2D eigenvalue weighted by atomic mass is 35.5. The number of halogens is 2. The van der Waals surface area contributed by atoms with Gasteiger partial charge in [-0.1, -0.05) is 12.1 Å². The summed E-state index contributed by atoms with van der Waals surface area (Å²) in [5.74, 6) is -0.0966. The first kappa shape index (κ1) is 20.7. The van der Waals surface area contributed by atoms with Gasteiger partial charge in [0.05, 0.1) is 6.04 Å². The topological polar surface area (TPSA) is 58.4 Å². The molecule has 1 atom stereocenters. The van der Waals surface area contributed by atoms with E-state index >= 15 is 0 Å². The van der Waals surface area contributed by atoms with Crippen molar-refractivity contribution in [2.45, 2.75) is 6.04 Å². The van der Waals surface area contributed by atoms with Crippen LogP contribution in [0.25, 0.3) is 0 Å². The highest BCUT2D eigenvalue weighted by Gasteiger charge is 2.16. The number of benzene rings is 1. The molecule has 22 heavy (non-hydrogen) atoms. The van der Waals surface area contributed by atoms with Crippen LogP contribution >= 0.6 is 36.2 Å². The minimum absolute atomic E-state index is 0. The van der Waals surface area contributed by atoms with Gasteiger partial charge in [-0.3, -0.25) is 4.79 Å². The lowest BCUT2D eigenvalue weighted by molar-refractivity contribution is 0.0942. The number of nitrogens with two attached hydrogens (primary N) is 1. The van der Waals surface area contributed by atoms with Crippen molar-refractivity contribution in [1.29, 1.82) is 0 Å². The Bertz CT molecular complexity index is 576. The van der Waals surface area contributed by atoms with Gasteiger partial charge < -0.3 is 16.0 Å². The molecule has 122 valence electrons. The third kappa shape index (κ3) is 5.50. The molecule has 0 bridgehead atoms. The number of hydrogen-bond acceptors (Lipinski definition) is 4. The molecule has 7 heteroatoms. The van der Waals surface area contributed by atoms with Crippen LogP contribution in [0.4, 0.5) is 5.69 Å². The maximum atomic E-state index is 12.1.